The van der Waals surface area contributed by atoms with Crippen LogP contribution in [0, 0.1) is 0 Å². The smallest absolute Gasteiger partial charge is 0.162 e. The molecule has 292 valence electrons. The van der Waals surface area contributed by atoms with Crippen molar-refractivity contribution in [1.82, 2.24) is 14.5 Å². The summed E-state index contributed by atoms with van der Waals surface area (Å²) in [4.78, 5) is 10.8. The topological polar surface area (TPSA) is 30.7 Å². The monoisotopic (exact) mass is 835 g/mol. The number of aromatic nitrogens is 3. The van der Waals surface area contributed by atoms with Crippen molar-refractivity contribution in [3.8, 4) is 39.5 Å². The summed E-state index contributed by atoms with van der Waals surface area (Å²) < 4.78 is 7.27. The van der Waals surface area contributed by atoms with Crippen LogP contribution in [0.5, 0.6) is 0 Å². The average Bonchev–Trinajstić information content (AvgIpc) is 4.04. The van der Waals surface area contributed by atoms with Gasteiger partial charge in [0.25, 0.3) is 0 Å². The minimum Gasteiger partial charge on any atom is -0.291 e. The van der Waals surface area contributed by atoms with E-state index in [4.69, 9.17) is 9.97 Å². The fraction of sp³-hybridized carbons (Fsp3) is 0. The maximum absolute atomic E-state index is 5.54. The molecule has 63 heavy (non-hydrogen) atoms. The molecule has 0 atom stereocenters. The molecular weight excluding hydrogens is 803 g/mol. The van der Waals surface area contributed by atoms with Crippen molar-refractivity contribution in [3.05, 3.63) is 200 Å². The Morgan fingerprint density at radius 2 is 0.984 bits per heavy atom. The molecule has 4 aromatic heterocycles. The number of rotatable bonds is 4. The highest BCUT2D eigenvalue weighted by molar-refractivity contribution is 7.27. The molecule has 0 spiro atoms. The first-order chi connectivity index (χ1) is 31.2. The van der Waals surface area contributed by atoms with Gasteiger partial charge in [-0.25, -0.2) is 9.97 Å². The number of nitrogens with zero attached hydrogens (tertiary/aromatic N) is 3. The standard InChI is InChI=1S/C58H33N3S2/c1-2-15-34(16-3-1)57-59-53-45-26-11-13-28-49(45)63-56(53)58(60-57)61-48-27-12-10-25-44(48)51-42-23-8-9-24-43(42)52-47-32-36(29-30-50(47)62-55(52)54(51)61)35-18-14-19-37(31-35)46-33-38-17-4-5-20-39(38)40-21-6-7-22-41(40)46/h1-33H. The predicted molar refractivity (Wildman–Crippen MR) is 271 cm³/mol. The van der Waals surface area contributed by atoms with Crippen molar-refractivity contribution in [3.63, 3.8) is 0 Å². The molecule has 0 bridgehead atoms. The number of fused-ring (bicyclic) bond motifs is 16. The molecule has 0 aliphatic rings. The molecule has 0 saturated carbocycles. The Hall–Kier alpha value is -7.70. The van der Waals surface area contributed by atoms with E-state index in [2.05, 4.69) is 199 Å². The second-order valence-corrected chi connectivity index (χ2v) is 18.5. The third kappa shape index (κ3) is 5.12. The quantitative estimate of drug-likeness (QED) is 0.165. The second-order valence-electron chi connectivity index (χ2n) is 16.4. The molecule has 4 heterocycles. The lowest BCUT2D eigenvalue weighted by atomic mass is 9.91. The SMILES string of the molecule is c1ccc(-c2nc(-n3c4ccccc4c4c5ccccc5c5c6cc(-c7cccc(-c8cc9ccccc9c9ccccc89)c7)ccc6sc5c43)c3sc4ccccc4c3n2)cc1. The summed E-state index contributed by atoms with van der Waals surface area (Å²) in [5, 5.41) is 13.8. The number of para-hydroxylation sites is 1. The highest BCUT2D eigenvalue weighted by Crippen LogP contribution is 2.50. The molecule has 0 amide bonds. The number of benzene rings is 10. The van der Waals surface area contributed by atoms with Crippen molar-refractivity contribution in [2.24, 2.45) is 0 Å². The zero-order chi connectivity index (χ0) is 41.2. The third-order valence-electron chi connectivity index (χ3n) is 13.0. The Kier molecular flexibility index (Phi) is 7.43. The van der Waals surface area contributed by atoms with Gasteiger partial charge in [-0.05, 0) is 91.0 Å². The van der Waals surface area contributed by atoms with E-state index in [-0.39, 0.29) is 0 Å². The molecule has 0 unspecified atom stereocenters. The van der Waals surface area contributed by atoms with Crippen LogP contribution < -0.4 is 0 Å². The first-order valence-electron chi connectivity index (χ1n) is 21.3. The molecule has 0 aliphatic carbocycles. The maximum Gasteiger partial charge on any atom is 0.162 e. The van der Waals surface area contributed by atoms with E-state index in [1.54, 1.807) is 11.3 Å². The molecule has 0 N–H and O–H groups in total. The van der Waals surface area contributed by atoms with Crippen LogP contribution in [0.25, 0.3) is 134 Å². The Labute approximate surface area is 369 Å². The molecule has 0 aliphatic heterocycles. The van der Waals surface area contributed by atoms with Gasteiger partial charge in [0.2, 0.25) is 0 Å². The lowest BCUT2D eigenvalue weighted by molar-refractivity contribution is 1.09. The van der Waals surface area contributed by atoms with Gasteiger partial charge in [0.15, 0.2) is 11.6 Å². The summed E-state index contributed by atoms with van der Waals surface area (Å²) in [6.45, 7) is 0. The average molecular weight is 836 g/mol. The van der Waals surface area contributed by atoms with Crippen molar-refractivity contribution in [2.45, 2.75) is 0 Å². The van der Waals surface area contributed by atoms with Crippen LogP contribution in [0.2, 0.25) is 0 Å². The molecule has 14 aromatic rings. The molecule has 10 aromatic carbocycles. The van der Waals surface area contributed by atoms with Gasteiger partial charge >= 0.3 is 0 Å². The fourth-order valence-electron chi connectivity index (χ4n) is 10.2. The summed E-state index contributed by atoms with van der Waals surface area (Å²) in [6, 6.07) is 73.0. The van der Waals surface area contributed by atoms with E-state index < -0.39 is 0 Å². The second kappa shape index (κ2) is 13.4. The van der Waals surface area contributed by atoms with E-state index in [9.17, 15) is 0 Å². The van der Waals surface area contributed by atoms with Gasteiger partial charge in [-0.15, -0.1) is 22.7 Å². The normalized spacial score (nSPS) is 12.1. The molecule has 0 fully saturated rings. The minimum atomic E-state index is 0.726. The van der Waals surface area contributed by atoms with Crippen LogP contribution >= 0.6 is 22.7 Å². The van der Waals surface area contributed by atoms with Gasteiger partial charge < -0.3 is 0 Å². The van der Waals surface area contributed by atoms with Gasteiger partial charge in [-0.2, -0.15) is 0 Å². The van der Waals surface area contributed by atoms with Crippen LogP contribution in [0.4, 0.5) is 0 Å². The number of hydrogen-bond acceptors (Lipinski definition) is 4. The Balaban J connectivity index is 1.06. The Morgan fingerprint density at radius 1 is 0.365 bits per heavy atom. The molecule has 5 heteroatoms. The molecule has 0 radical (unpaired) electrons. The fourth-order valence-corrected chi connectivity index (χ4v) is 12.5. The largest absolute Gasteiger partial charge is 0.291 e. The maximum atomic E-state index is 5.54. The van der Waals surface area contributed by atoms with Gasteiger partial charge in [-0.3, -0.25) is 4.57 Å². The van der Waals surface area contributed by atoms with Gasteiger partial charge in [0.1, 0.15) is 0 Å². The van der Waals surface area contributed by atoms with Crippen molar-refractivity contribution >= 4 is 117 Å². The third-order valence-corrected chi connectivity index (χ3v) is 15.3. The Morgan fingerprint density at radius 3 is 1.84 bits per heavy atom. The van der Waals surface area contributed by atoms with E-state index >= 15 is 0 Å². The lowest BCUT2D eigenvalue weighted by Gasteiger charge is -2.13. The van der Waals surface area contributed by atoms with Crippen LogP contribution in [0.15, 0.2) is 200 Å². The highest BCUT2D eigenvalue weighted by Gasteiger charge is 2.25. The zero-order valence-corrected chi connectivity index (χ0v) is 35.3. The minimum absolute atomic E-state index is 0.726. The van der Waals surface area contributed by atoms with Crippen molar-refractivity contribution in [2.75, 3.05) is 0 Å². The molecule has 0 saturated heterocycles. The molecule has 14 rings (SSSR count). The van der Waals surface area contributed by atoms with Crippen molar-refractivity contribution < 1.29 is 0 Å². The predicted octanol–water partition coefficient (Wildman–Crippen LogP) is 16.8. The first kappa shape index (κ1) is 35.0. The van der Waals surface area contributed by atoms with E-state index in [1.165, 1.54) is 95.7 Å². The number of thiophene rings is 2. The summed E-state index contributed by atoms with van der Waals surface area (Å²) >= 11 is 3.67. The molecule has 3 nitrogen and oxygen atoms in total. The lowest BCUT2D eigenvalue weighted by Crippen LogP contribution is -2.01. The van der Waals surface area contributed by atoms with E-state index in [1.807, 2.05) is 17.4 Å². The van der Waals surface area contributed by atoms with Crippen LogP contribution in [0.3, 0.4) is 0 Å². The van der Waals surface area contributed by atoms with Gasteiger partial charge in [0, 0.05) is 41.9 Å². The van der Waals surface area contributed by atoms with E-state index in [0.717, 1.165) is 38.3 Å². The van der Waals surface area contributed by atoms with Crippen LogP contribution in [0.1, 0.15) is 0 Å². The van der Waals surface area contributed by atoms with Gasteiger partial charge in [-0.1, -0.05) is 164 Å². The summed E-state index contributed by atoms with van der Waals surface area (Å²) in [5.41, 5.74) is 9.19. The summed E-state index contributed by atoms with van der Waals surface area (Å²) in [5.74, 6) is 1.64. The summed E-state index contributed by atoms with van der Waals surface area (Å²) in [7, 11) is 0. The zero-order valence-electron chi connectivity index (χ0n) is 33.7. The Bertz CT molecular complexity index is 4210. The van der Waals surface area contributed by atoms with E-state index in [0.29, 0.717) is 0 Å². The highest BCUT2D eigenvalue weighted by atomic mass is 32.1. The van der Waals surface area contributed by atoms with Crippen LogP contribution in [-0.4, -0.2) is 14.5 Å². The van der Waals surface area contributed by atoms with Gasteiger partial charge in [0.05, 0.1) is 25.9 Å². The first-order valence-corrected chi connectivity index (χ1v) is 22.9. The number of hydrogen-bond donors (Lipinski definition) is 0. The van der Waals surface area contributed by atoms with Crippen LogP contribution in [-0.2, 0) is 0 Å². The summed E-state index contributed by atoms with van der Waals surface area (Å²) in [6.07, 6.45) is 0. The van der Waals surface area contributed by atoms with Crippen molar-refractivity contribution in [1.29, 1.82) is 0 Å². The molecular formula is C58H33N3S2.